The molecule has 6 nitrogen and oxygen atoms in total. The quantitative estimate of drug-likeness (QED) is 0.504. The first-order valence-electron chi connectivity index (χ1n) is 5.17. The first-order valence-corrected chi connectivity index (χ1v) is 5.17. The minimum Gasteiger partial charge on any atom is -0.252 e. The van der Waals surface area contributed by atoms with E-state index in [9.17, 15) is 0 Å². The molecule has 1 rings (SSSR count). The minimum atomic E-state index is -0.582. The predicted octanol–water partition coefficient (Wildman–Crippen LogP) is 2.48. The van der Waals surface area contributed by atoms with Crippen LogP contribution in [0, 0.1) is 0 Å². The van der Waals surface area contributed by atoms with E-state index in [1.807, 2.05) is 0 Å². The van der Waals surface area contributed by atoms with Gasteiger partial charge >= 0.3 is 0 Å². The summed E-state index contributed by atoms with van der Waals surface area (Å²) in [7, 11) is 0. The van der Waals surface area contributed by atoms with Crippen LogP contribution in [0.4, 0.5) is 0 Å². The van der Waals surface area contributed by atoms with Gasteiger partial charge in [-0.2, -0.15) is 0 Å². The van der Waals surface area contributed by atoms with Gasteiger partial charge in [0.2, 0.25) is 0 Å². The van der Waals surface area contributed by atoms with Gasteiger partial charge in [0.1, 0.15) is 12.7 Å². The summed E-state index contributed by atoms with van der Waals surface area (Å²) in [6, 6.07) is 6.95. The van der Waals surface area contributed by atoms with Crippen LogP contribution in [0.2, 0.25) is 0 Å². The fourth-order valence-corrected chi connectivity index (χ4v) is 1.49. The van der Waals surface area contributed by atoms with Crippen molar-refractivity contribution in [3.8, 4) is 0 Å². The number of rotatable bonds is 7. The second-order valence-electron chi connectivity index (χ2n) is 3.76. The third-order valence-electron chi connectivity index (χ3n) is 2.44. The molecular weight excluding hydrogens is 228 g/mol. The summed E-state index contributed by atoms with van der Waals surface area (Å²) in [6.07, 6.45) is -0.725. The first kappa shape index (κ1) is 14.0. The van der Waals surface area contributed by atoms with Crippen LogP contribution in [0.1, 0.15) is 30.6 Å². The molecule has 0 bridgehead atoms. The van der Waals surface area contributed by atoms with Crippen LogP contribution >= 0.6 is 0 Å². The third-order valence-corrected chi connectivity index (χ3v) is 2.44. The summed E-state index contributed by atoms with van der Waals surface area (Å²) in [4.78, 5) is 12.5. The maximum absolute atomic E-state index is 8.79. The molecule has 17 heavy (non-hydrogen) atoms. The van der Waals surface area contributed by atoms with E-state index in [-0.39, 0.29) is 6.61 Å². The molecule has 1 aromatic carbocycles. The molecule has 0 saturated carbocycles. The van der Waals surface area contributed by atoms with E-state index in [1.54, 1.807) is 31.2 Å². The summed E-state index contributed by atoms with van der Waals surface area (Å²) in [5.74, 6) is 0. The van der Waals surface area contributed by atoms with Gasteiger partial charge in [-0.3, -0.25) is 15.8 Å². The Morgan fingerprint density at radius 3 is 2.18 bits per heavy atom. The highest BCUT2D eigenvalue weighted by molar-refractivity contribution is 5.23. The van der Waals surface area contributed by atoms with Gasteiger partial charge in [-0.25, -0.2) is 14.7 Å². The fourth-order valence-electron chi connectivity index (χ4n) is 1.49. The molecule has 6 heteroatoms. The maximum atomic E-state index is 8.79. The lowest BCUT2D eigenvalue weighted by atomic mass is 10.0. The Labute approximate surface area is 98.8 Å². The molecule has 0 aliphatic heterocycles. The van der Waals surface area contributed by atoms with E-state index in [4.69, 9.17) is 15.8 Å². The Bertz CT molecular complexity index is 312. The average molecular weight is 244 g/mol. The van der Waals surface area contributed by atoms with E-state index in [0.29, 0.717) is 6.42 Å². The largest absolute Gasteiger partial charge is 0.252 e. The summed E-state index contributed by atoms with van der Waals surface area (Å²) >= 11 is 0. The molecule has 0 heterocycles. The zero-order valence-electron chi connectivity index (χ0n) is 9.44. The van der Waals surface area contributed by atoms with Crippen LogP contribution in [-0.4, -0.2) is 21.9 Å². The zero-order chi connectivity index (χ0) is 12.7. The van der Waals surface area contributed by atoms with Crippen LogP contribution in [0.3, 0.4) is 0 Å². The molecule has 96 valence electrons. The van der Waals surface area contributed by atoms with Gasteiger partial charge in [0.05, 0.1) is 6.10 Å². The van der Waals surface area contributed by atoms with Crippen LogP contribution in [-0.2, 0) is 21.3 Å². The van der Waals surface area contributed by atoms with Crippen LogP contribution in [0.5, 0.6) is 0 Å². The predicted molar refractivity (Wildman–Crippen MR) is 58.1 cm³/mol. The van der Waals surface area contributed by atoms with Crippen LogP contribution in [0.15, 0.2) is 24.3 Å². The first-order chi connectivity index (χ1) is 8.21. The van der Waals surface area contributed by atoms with Crippen molar-refractivity contribution in [1.82, 2.24) is 0 Å². The molecule has 0 saturated heterocycles. The van der Waals surface area contributed by atoms with Crippen molar-refractivity contribution in [3.05, 3.63) is 35.4 Å². The van der Waals surface area contributed by atoms with Gasteiger partial charge in [0.25, 0.3) is 0 Å². The summed E-state index contributed by atoms with van der Waals surface area (Å²) in [5, 5.41) is 25.5. The minimum absolute atomic E-state index is 0.0983. The fraction of sp³-hybridized carbons (Fsp3) is 0.455. The smallest absolute Gasteiger partial charge is 0.120 e. The second kappa shape index (κ2) is 7.33. The lowest BCUT2D eigenvalue weighted by Gasteiger charge is -2.16. The maximum Gasteiger partial charge on any atom is 0.120 e. The standard InChI is InChI=1S/C11H16O6/c1-8(16-13)6-11(17-14)10-4-2-9(3-5-10)7-15-12/h2-5,8,11-14H,6-7H2,1H3. The van der Waals surface area contributed by atoms with Crippen molar-refractivity contribution in [2.75, 3.05) is 0 Å². The van der Waals surface area contributed by atoms with Gasteiger partial charge in [-0.05, 0) is 18.1 Å². The Balaban J connectivity index is 2.68. The van der Waals surface area contributed by atoms with E-state index in [1.165, 1.54) is 0 Å². The van der Waals surface area contributed by atoms with E-state index >= 15 is 0 Å². The number of benzene rings is 1. The van der Waals surface area contributed by atoms with Crippen molar-refractivity contribution in [3.63, 3.8) is 0 Å². The third kappa shape index (κ3) is 4.39. The van der Waals surface area contributed by atoms with Crippen molar-refractivity contribution in [2.45, 2.75) is 32.2 Å². The lowest BCUT2D eigenvalue weighted by molar-refractivity contribution is -0.312. The van der Waals surface area contributed by atoms with Gasteiger partial charge in [-0.15, -0.1) is 0 Å². The second-order valence-corrected chi connectivity index (χ2v) is 3.76. The zero-order valence-corrected chi connectivity index (χ0v) is 9.44. The molecule has 3 N–H and O–H groups in total. The van der Waals surface area contributed by atoms with Gasteiger partial charge in [-0.1, -0.05) is 24.3 Å². The molecule has 2 unspecified atom stereocenters. The van der Waals surface area contributed by atoms with Crippen LogP contribution in [0.25, 0.3) is 0 Å². The molecule has 0 aliphatic rings. The van der Waals surface area contributed by atoms with E-state index < -0.39 is 12.2 Å². The molecular formula is C11H16O6. The Hall–Kier alpha value is -1.02. The van der Waals surface area contributed by atoms with Gasteiger partial charge in [0, 0.05) is 6.42 Å². The van der Waals surface area contributed by atoms with Crippen molar-refractivity contribution < 1.29 is 30.4 Å². The summed E-state index contributed by atoms with van der Waals surface area (Å²) in [5.41, 5.74) is 1.53. The molecule has 1 aromatic rings. The molecule has 0 radical (unpaired) electrons. The van der Waals surface area contributed by atoms with E-state index in [2.05, 4.69) is 14.7 Å². The topological polar surface area (TPSA) is 88.4 Å². The van der Waals surface area contributed by atoms with Crippen molar-refractivity contribution >= 4 is 0 Å². The lowest BCUT2D eigenvalue weighted by Crippen LogP contribution is -2.13. The number of hydrogen-bond donors (Lipinski definition) is 3. The van der Waals surface area contributed by atoms with Gasteiger partial charge in [0.15, 0.2) is 0 Å². The Morgan fingerprint density at radius 2 is 1.71 bits per heavy atom. The molecule has 0 aliphatic carbocycles. The summed E-state index contributed by atoms with van der Waals surface area (Å²) < 4.78 is 0. The number of hydrogen-bond acceptors (Lipinski definition) is 6. The highest BCUT2D eigenvalue weighted by atomic mass is 17.1. The highest BCUT2D eigenvalue weighted by Crippen LogP contribution is 2.23. The Kier molecular flexibility index (Phi) is 6.06. The van der Waals surface area contributed by atoms with Crippen molar-refractivity contribution in [2.24, 2.45) is 0 Å². The van der Waals surface area contributed by atoms with E-state index in [0.717, 1.165) is 11.1 Å². The molecule has 0 aromatic heterocycles. The summed E-state index contributed by atoms with van der Waals surface area (Å²) in [6.45, 7) is 1.75. The monoisotopic (exact) mass is 244 g/mol. The van der Waals surface area contributed by atoms with Crippen LogP contribution < -0.4 is 0 Å². The van der Waals surface area contributed by atoms with Gasteiger partial charge < -0.3 is 0 Å². The van der Waals surface area contributed by atoms with Crippen molar-refractivity contribution in [1.29, 1.82) is 0 Å². The SMILES string of the molecule is CC(CC(OO)c1ccc(COO)cc1)OO. The average Bonchev–Trinajstić information content (AvgIpc) is 2.37. The normalized spacial score (nSPS) is 14.6. The molecule has 0 fully saturated rings. The highest BCUT2D eigenvalue weighted by Gasteiger charge is 2.16. The Morgan fingerprint density at radius 1 is 1.06 bits per heavy atom. The molecule has 0 amide bonds. The molecule has 2 atom stereocenters. The molecule has 0 spiro atoms.